The summed E-state index contributed by atoms with van der Waals surface area (Å²) in [5.41, 5.74) is 9.24. The van der Waals surface area contributed by atoms with Gasteiger partial charge in [-0.2, -0.15) is 0 Å². The fraction of sp³-hybridized carbons (Fsp3) is 0.705. The monoisotopic (exact) mass is 725 g/mol. The van der Waals surface area contributed by atoms with Gasteiger partial charge in [-0.1, -0.05) is 165 Å². The molecule has 0 bridgehead atoms. The van der Waals surface area contributed by atoms with Crippen molar-refractivity contribution in [2.24, 2.45) is 23.5 Å². The van der Waals surface area contributed by atoms with Gasteiger partial charge in [-0.25, -0.2) is 4.79 Å². The van der Waals surface area contributed by atoms with E-state index in [9.17, 15) is 4.79 Å². The molecule has 0 radical (unpaired) electrons. The third-order valence-electron chi connectivity index (χ3n) is 10.9. The van der Waals surface area contributed by atoms with Crippen LogP contribution >= 0.6 is 0 Å². The van der Waals surface area contributed by atoms with Crippen molar-refractivity contribution in [2.75, 3.05) is 27.3 Å². The first-order valence-electron chi connectivity index (χ1n) is 20.4. The van der Waals surface area contributed by atoms with Crippen LogP contribution in [0.5, 0.6) is 0 Å². The molecule has 2 aromatic carbocycles. The molecule has 2 unspecified atom stereocenters. The molecule has 8 heteroatoms. The molecule has 1 fully saturated rings. The predicted molar refractivity (Wildman–Crippen MR) is 211 cm³/mol. The molecule has 2 N–H and O–H groups in total. The first-order chi connectivity index (χ1) is 25.2. The SMILES string of the molecule is CCCCCCCCCCCCCC[C@@H](OCc1ccccc1)[C@@H](OCc1ccccc1)[C@@H](N)CO[C@H]1OC(COC(=O)N(C)C)[C@H](C)[C@H](C)C1C. The molecule has 0 saturated carbocycles. The van der Waals surface area contributed by atoms with Gasteiger partial charge in [0.05, 0.1) is 38.1 Å². The molecule has 0 aromatic heterocycles. The van der Waals surface area contributed by atoms with E-state index in [1.165, 1.54) is 75.5 Å². The third-order valence-corrected chi connectivity index (χ3v) is 10.9. The molecular formula is C44H72N2O6. The lowest BCUT2D eigenvalue weighted by molar-refractivity contribution is -0.258. The molecule has 1 amide bonds. The zero-order valence-corrected chi connectivity index (χ0v) is 33.4. The molecule has 2 aromatic rings. The Morgan fingerprint density at radius 3 is 1.79 bits per heavy atom. The van der Waals surface area contributed by atoms with E-state index in [-0.39, 0.29) is 49.5 Å². The van der Waals surface area contributed by atoms with Crippen LogP contribution in [0.15, 0.2) is 60.7 Å². The third kappa shape index (κ3) is 16.3. The number of ether oxygens (including phenoxy) is 5. The number of carbonyl (C=O) groups is 1. The zero-order valence-electron chi connectivity index (χ0n) is 33.4. The van der Waals surface area contributed by atoms with E-state index in [0.29, 0.717) is 19.1 Å². The molecule has 294 valence electrons. The van der Waals surface area contributed by atoms with Crippen molar-refractivity contribution in [1.29, 1.82) is 0 Å². The standard InChI is InChI=1S/C44H72N2O6/c1-7-8-9-10-11-12-13-14-15-16-17-24-29-40(48-30-37-25-20-18-21-26-37)42(49-31-38-27-22-19-23-28-38)39(45)32-50-43-36(4)34(2)35(3)41(52-43)33-51-44(47)46(5)6/h18-23,25-28,34-36,39-43H,7-17,24,29-33,45H2,1-6H3/t34-,35+,36?,39-,40+,41?,42-,43-/m0/s1. The number of rotatable bonds is 26. The lowest BCUT2D eigenvalue weighted by atomic mass is 9.79. The van der Waals surface area contributed by atoms with Crippen LogP contribution in [0.25, 0.3) is 0 Å². The van der Waals surface area contributed by atoms with Crippen LogP contribution in [-0.2, 0) is 36.9 Å². The minimum atomic E-state index is -0.477. The highest BCUT2D eigenvalue weighted by Crippen LogP contribution is 2.36. The summed E-state index contributed by atoms with van der Waals surface area (Å²) in [6, 6.07) is 20.1. The minimum Gasteiger partial charge on any atom is -0.447 e. The Morgan fingerprint density at radius 2 is 1.25 bits per heavy atom. The predicted octanol–water partition coefficient (Wildman–Crippen LogP) is 9.92. The molecule has 3 rings (SSSR count). The van der Waals surface area contributed by atoms with Crippen LogP contribution in [-0.4, -0.2) is 68.9 Å². The Labute approximate surface area is 316 Å². The maximum atomic E-state index is 12.2. The summed E-state index contributed by atoms with van der Waals surface area (Å²) >= 11 is 0. The average molecular weight is 725 g/mol. The number of unbranched alkanes of at least 4 members (excludes halogenated alkanes) is 11. The number of benzene rings is 2. The van der Waals surface area contributed by atoms with Crippen LogP contribution in [0, 0.1) is 17.8 Å². The van der Waals surface area contributed by atoms with Crippen LogP contribution in [0.1, 0.15) is 122 Å². The van der Waals surface area contributed by atoms with E-state index in [1.54, 1.807) is 14.1 Å². The van der Waals surface area contributed by atoms with Gasteiger partial charge in [0.15, 0.2) is 6.29 Å². The average Bonchev–Trinajstić information content (AvgIpc) is 3.16. The van der Waals surface area contributed by atoms with Crippen LogP contribution in [0.3, 0.4) is 0 Å². The Morgan fingerprint density at radius 1 is 0.731 bits per heavy atom. The summed E-state index contributed by atoms with van der Waals surface area (Å²) < 4.78 is 31.8. The number of hydrogen-bond acceptors (Lipinski definition) is 7. The number of hydrogen-bond donors (Lipinski definition) is 1. The first kappa shape index (κ1) is 43.9. The highest BCUT2D eigenvalue weighted by Gasteiger charge is 2.41. The Kier molecular flexibility index (Phi) is 21.5. The molecule has 52 heavy (non-hydrogen) atoms. The van der Waals surface area contributed by atoms with Crippen molar-refractivity contribution >= 4 is 6.09 Å². The molecule has 1 heterocycles. The zero-order chi connectivity index (χ0) is 37.6. The number of carbonyl (C=O) groups excluding carboxylic acids is 1. The van der Waals surface area contributed by atoms with Crippen molar-refractivity contribution in [1.82, 2.24) is 4.90 Å². The molecule has 8 atom stereocenters. The fourth-order valence-corrected chi connectivity index (χ4v) is 7.03. The highest BCUT2D eigenvalue weighted by atomic mass is 16.7. The summed E-state index contributed by atoms with van der Waals surface area (Å²) in [5, 5.41) is 0. The van der Waals surface area contributed by atoms with Crippen molar-refractivity contribution in [3.8, 4) is 0 Å². The van der Waals surface area contributed by atoms with Gasteiger partial charge >= 0.3 is 6.09 Å². The van der Waals surface area contributed by atoms with Crippen molar-refractivity contribution in [3.63, 3.8) is 0 Å². The molecule has 8 nitrogen and oxygen atoms in total. The van der Waals surface area contributed by atoms with Gasteiger partial charge in [-0.05, 0) is 29.4 Å². The van der Waals surface area contributed by atoms with Crippen molar-refractivity contribution in [2.45, 2.75) is 155 Å². The summed E-state index contributed by atoms with van der Waals surface area (Å²) in [6.07, 6.45) is 14.8. The largest absolute Gasteiger partial charge is 0.447 e. The van der Waals surface area contributed by atoms with Gasteiger partial charge in [0, 0.05) is 20.0 Å². The second-order valence-corrected chi connectivity index (χ2v) is 15.4. The summed E-state index contributed by atoms with van der Waals surface area (Å²) in [5.74, 6) is 0.639. The van der Waals surface area contributed by atoms with E-state index < -0.39 is 12.3 Å². The van der Waals surface area contributed by atoms with Gasteiger partial charge < -0.3 is 34.3 Å². The van der Waals surface area contributed by atoms with Gasteiger partial charge in [0.25, 0.3) is 0 Å². The summed E-state index contributed by atoms with van der Waals surface area (Å²) in [6.45, 7) is 10.2. The van der Waals surface area contributed by atoms with Crippen molar-refractivity contribution < 1.29 is 28.5 Å². The number of nitrogens with two attached hydrogens (primary N) is 1. The molecule has 1 aliphatic heterocycles. The number of amides is 1. The van der Waals surface area contributed by atoms with Gasteiger partial charge in [0.2, 0.25) is 0 Å². The van der Waals surface area contributed by atoms with Crippen LogP contribution in [0.2, 0.25) is 0 Å². The Bertz CT molecular complexity index is 1180. The maximum absolute atomic E-state index is 12.2. The molecule has 1 aliphatic rings. The minimum absolute atomic E-state index is 0.137. The topological polar surface area (TPSA) is 92.5 Å². The second-order valence-electron chi connectivity index (χ2n) is 15.4. The van der Waals surface area contributed by atoms with Crippen LogP contribution < -0.4 is 5.73 Å². The van der Waals surface area contributed by atoms with E-state index >= 15 is 0 Å². The lowest BCUT2D eigenvalue weighted by Gasteiger charge is -2.43. The molecular weight excluding hydrogens is 652 g/mol. The number of nitrogens with zero attached hydrogens (tertiary/aromatic N) is 1. The van der Waals surface area contributed by atoms with E-state index in [4.69, 9.17) is 29.4 Å². The van der Waals surface area contributed by atoms with Gasteiger partial charge in [0.1, 0.15) is 12.7 Å². The summed E-state index contributed by atoms with van der Waals surface area (Å²) in [4.78, 5) is 13.6. The van der Waals surface area contributed by atoms with E-state index in [2.05, 4.69) is 52.0 Å². The Hall–Kier alpha value is -2.49. The van der Waals surface area contributed by atoms with Crippen molar-refractivity contribution in [3.05, 3.63) is 71.8 Å². The fourth-order valence-electron chi connectivity index (χ4n) is 7.03. The van der Waals surface area contributed by atoms with Gasteiger partial charge in [-0.3, -0.25) is 0 Å². The smallest absolute Gasteiger partial charge is 0.409 e. The Balaban J connectivity index is 1.64. The molecule has 0 spiro atoms. The van der Waals surface area contributed by atoms with Crippen LogP contribution in [0.4, 0.5) is 4.79 Å². The normalized spacial score (nSPS) is 22.1. The highest BCUT2D eigenvalue weighted by molar-refractivity contribution is 5.66. The maximum Gasteiger partial charge on any atom is 0.409 e. The summed E-state index contributed by atoms with van der Waals surface area (Å²) in [7, 11) is 3.35. The quantitative estimate of drug-likeness (QED) is 0.0966. The first-order valence-corrected chi connectivity index (χ1v) is 20.4. The molecule has 0 aliphatic carbocycles. The molecule has 1 saturated heterocycles. The van der Waals surface area contributed by atoms with E-state index in [1.807, 2.05) is 36.4 Å². The van der Waals surface area contributed by atoms with Gasteiger partial charge in [-0.15, -0.1) is 0 Å². The van der Waals surface area contributed by atoms with E-state index in [0.717, 1.165) is 24.0 Å². The second kappa shape index (κ2) is 25.5. The lowest BCUT2D eigenvalue weighted by Crippen LogP contribution is -2.52.